The lowest BCUT2D eigenvalue weighted by Gasteiger charge is -2.08. The highest BCUT2D eigenvalue weighted by molar-refractivity contribution is 9.10. The molecule has 0 radical (unpaired) electrons. The molecule has 21 heavy (non-hydrogen) atoms. The van der Waals surface area contributed by atoms with Crippen LogP contribution in [0.5, 0.6) is 0 Å². The summed E-state index contributed by atoms with van der Waals surface area (Å²) in [5, 5.41) is 0.904. The number of pyridine rings is 1. The Morgan fingerprint density at radius 2 is 2.00 bits per heavy atom. The Hall–Kier alpha value is -1.72. The summed E-state index contributed by atoms with van der Waals surface area (Å²) in [4.78, 5) is 5.18. The van der Waals surface area contributed by atoms with Crippen molar-refractivity contribution in [3.8, 4) is 0 Å². The first-order valence-electron chi connectivity index (χ1n) is 6.41. The number of halogens is 1. The average Bonchev–Trinajstić information content (AvgIpc) is 2.50. The van der Waals surface area contributed by atoms with Crippen LogP contribution in [0.15, 0.2) is 64.1 Å². The van der Waals surface area contributed by atoms with Crippen LogP contribution in [0.1, 0.15) is 5.56 Å². The van der Waals surface area contributed by atoms with Crippen molar-refractivity contribution in [2.24, 2.45) is 0 Å². The number of nitrogens with zero attached hydrogens (tertiary/aromatic N) is 1. The molecular formula is C16H13BrN2OS. The van der Waals surface area contributed by atoms with E-state index in [4.69, 9.17) is 5.73 Å². The van der Waals surface area contributed by atoms with Crippen LogP contribution in [0, 0.1) is 0 Å². The number of hydrogen-bond acceptors (Lipinski definition) is 3. The maximum Gasteiger partial charge on any atom is 0.0764 e. The summed E-state index contributed by atoms with van der Waals surface area (Å²) in [6.45, 7) is 0. The van der Waals surface area contributed by atoms with Gasteiger partial charge < -0.3 is 5.73 Å². The van der Waals surface area contributed by atoms with Crippen LogP contribution in [-0.4, -0.2) is 9.19 Å². The van der Waals surface area contributed by atoms with E-state index in [1.807, 2.05) is 48.5 Å². The fraction of sp³-hybridized carbons (Fsp3) is 0.0625. The number of hydrogen-bond donors (Lipinski definition) is 1. The molecule has 1 atom stereocenters. The van der Waals surface area contributed by atoms with Crippen LogP contribution in [-0.2, 0) is 16.6 Å². The zero-order valence-electron chi connectivity index (χ0n) is 11.1. The number of nitrogen functional groups attached to an aromatic ring is 1. The number of rotatable bonds is 3. The molecule has 3 aromatic rings. The molecule has 3 rings (SSSR count). The molecule has 106 valence electrons. The Labute approximate surface area is 133 Å². The third kappa shape index (κ3) is 2.99. The van der Waals surface area contributed by atoms with Gasteiger partial charge in [-0.3, -0.25) is 9.19 Å². The number of nitrogens with two attached hydrogens (primary N) is 1. The first-order valence-corrected chi connectivity index (χ1v) is 8.52. The maximum absolute atomic E-state index is 12.5. The van der Waals surface area contributed by atoms with Gasteiger partial charge in [-0.2, -0.15) is 0 Å². The number of fused-ring (bicyclic) bond motifs is 1. The van der Waals surface area contributed by atoms with E-state index < -0.39 is 10.8 Å². The molecule has 0 fully saturated rings. The average molecular weight is 361 g/mol. The molecule has 0 spiro atoms. The van der Waals surface area contributed by atoms with Gasteiger partial charge in [0.15, 0.2) is 0 Å². The molecule has 0 aliphatic heterocycles. The van der Waals surface area contributed by atoms with Crippen molar-refractivity contribution in [3.63, 3.8) is 0 Å². The Morgan fingerprint density at radius 1 is 1.14 bits per heavy atom. The third-order valence-electron chi connectivity index (χ3n) is 3.23. The Balaban J connectivity index is 1.99. The van der Waals surface area contributed by atoms with E-state index in [0.717, 1.165) is 25.8 Å². The van der Waals surface area contributed by atoms with Crippen molar-refractivity contribution in [1.82, 2.24) is 4.98 Å². The maximum atomic E-state index is 12.5. The number of anilines is 1. The second kappa shape index (κ2) is 5.95. The number of aromatic nitrogens is 1. The van der Waals surface area contributed by atoms with Gasteiger partial charge in [0.1, 0.15) is 0 Å². The van der Waals surface area contributed by atoms with Gasteiger partial charge in [0.2, 0.25) is 0 Å². The molecule has 0 saturated carbocycles. The van der Waals surface area contributed by atoms with E-state index in [1.54, 1.807) is 6.20 Å². The Morgan fingerprint density at radius 3 is 2.81 bits per heavy atom. The monoisotopic (exact) mass is 360 g/mol. The molecule has 0 aliphatic carbocycles. The van der Waals surface area contributed by atoms with Crippen molar-refractivity contribution >= 4 is 43.3 Å². The normalized spacial score (nSPS) is 12.4. The van der Waals surface area contributed by atoms with Crippen LogP contribution in [0.4, 0.5) is 5.69 Å². The molecular weight excluding hydrogens is 348 g/mol. The van der Waals surface area contributed by atoms with Gasteiger partial charge in [0.25, 0.3) is 0 Å². The lowest BCUT2D eigenvalue weighted by Crippen LogP contribution is -1.99. The summed E-state index contributed by atoms with van der Waals surface area (Å²) in [5.74, 6) is 0.421. The van der Waals surface area contributed by atoms with Gasteiger partial charge in [-0.05, 0) is 42.0 Å². The molecule has 2 N–H and O–H groups in total. The van der Waals surface area contributed by atoms with Crippen molar-refractivity contribution in [1.29, 1.82) is 0 Å². The second-order valence-electron chi connectivity index (χ2n) is 4.66. The fourth-order valence-electron chi connectivity index (χ4n) is 2.20. The quantitative estimate of drug-likeness (QED) is 0.720. The summed E-state index contributed by atoms with van der Waals surface area (Å²) in [5.41, 5.74) is 8.42. The molecule has 0 saturated heterocycles. The Bertz CT molecular complexity index is 835. The molecule has 1 unspecified atom stereocenters. The van der Waals surface area contributed by atoms with Crippen LogP contribution in [0.25, 0.3) is 10.9 Å². The van der Waals surface area contributed by atoms with Crippen LogP contribution in [0.3, 0.4) is 0 Å². The lowest BCUT2D eigenvalue weighted by molar-refractivity contribution is 0.682. The van der Waals surface area contributed by atoms with E-state index in [2.05, 4.69) is 20.9 Å². The van der Waals surface area contributed by atoms with Gasteiger partial charge in [0.05, 0.1) is 22.1 Å². The molecule has 0 aliphatic rings. The van der Waals surface area contributed by atoms with Crippen molar-refractivity contribution in [2.45, 2.75) is 10.6 Å². The fourth-order valence-corrected chi connectivity index (χ4v) is 3.92. The highest BCUT2D eigenvalue weighted by Crippen LogP contribution is 2.25. The second-order valence-corrected chi connectivity index (χ2v) is 7.03. The van der Waals surface area contributed by atoms with Gasteiger partial charge in [-0.25, -0.2) is 0 Å². The van der Waals surface area contributed by atoms with Crippen molar-refractivity contribution < 1.29 is 4.21 Å². The molecule has 1 heterocycles. The van der Waals surface area contributed by atoms with Gasteiger partial charge in [-0.1, -0.05) is 28.1 Å². The number of benzene rings is 2. The first-order chi connectivity index (χ1) is 10.1. The van der Waals surface area contributed by atoms with E-state index in [9.17, 15) is 4.21 Å². The standard InChI is InChI=1S/C16H13BrN2OS/c17-12-3-1-4-13(9-12)21(20)10-11-6-7-15(18)14-5-2-8-19-16(11)14/h1-9H,10,18H2. The summed E-state index contributed by atoms with van der Waals surface area (Å²) >= 11 is 3.40. The molecule has 5 heteroatoms. The van der Waals surface area contributed by atoms with Crippen LogP contribution >= 0.6 is 15.9 Å². The van der Waals surface area contributed by atoms with Gasteiger partial charge >= 0.3 is 0 Å². The molecule has 2 aromatic carbocycles. The minimum absolute atomic E-state index is 0.421. The predicted octanol–water partition coefficient (Wildman–Crippen LogP) is 3.89. The first kappa shape index (κ1) is 14.2. The topological polar surface area (TPSA) is 56.0 Å². The summed E-state index contributed by atoms with van der Waals surface area (Å²) < 4.78 is 13.5. The Kier molecular flexibility index (Phi) is 4.03. The minimum Gasteiger partial charge on any atom is -0.398 e. The van der Waals surface area contributed by atoms with Crippen LogP contribution < -0.4 is 5.73 Å². The zero-order chi connectivity index (χ0) is 14.8. The summed E-state index contributed by atoms with van der Waals surface area (Å²) in [6.07, 6.45) is 1.73. The highest BCUT2D eigenvalue weighted by atomic mass is 79.9. The molecule has 0 bridgehead atoms. The summed E-state index contributed by atoms with van der Waals surface area (Å²) in [6, 6.07) is 15.1. The van der Waals surface area contributed by atoms with E-state index in [0.29, 0.717) is 11.4 Å². The van der Waals surface area contributed by atoms with Gasteiger partial charge in [0, 0.05) is 26.6 Å². The summed E-state index contributed by atoms with van der Waals surface area (Å²) in [7, 11) is -1.12. The smallest absolute Gasteiger partial charge is 0.0764 e. The van der Waals surface area contributed by atoms with E-state index in [-0.39, 0.29) is 0 Å². The van der Waals surface area contributed by atoms with Crippen molar-refractivity contribution in [3.05, 3.63) is 64.8 Å². The zero-order valence-corrected chi connectivity index (χ0v) is 13.5. The van der Waals surface area contributed by atoms with Gasteiger partial charge in [-0.15, -0.1) is 0 Å². The largest absolute Gasteiger partial charge is 0.398 e. The molecule has 1 aromatic heterocycles. The lowest BCUT2D eigenvalue weighted by atomic mass is 10.1. The molecule has 0 amide bonds. The van der Waals surface area contributed by atoms with Crippen LogP contribution in [0.2, 0.25) is 0 Å². The SMILES string of the molecule is Nc1ccc(CS(=O)c2cccc(Br)c2)c2ncccc12. The highest BCUT2D eigenvalue weighted by Gasteiger charge is 2.10. The van der Waals surface area contributed by atoms with Crippen molar-refractivity contribution in [2.75, 3.05) is 5.73 Å². The predicted molar refractivity (Wildman–Crippen MR) is 90.4 cm³/mol. The third-order valence-corrected chi connectivity index (χ3v) is 5.08. The van der Waals surface area contributed by atoms with E-state index >= 15 is 0 Å². The van der Waals surface area contributed by atoms with E-state index in [1.165, 1.54) is 0 Å². The molecule has 3 nitrogen and oxygen atoms in total. The minimum atomic E-state index is -1.12.